The van der Waals surface area contributed by atoms with Gasteiger partial charge in [0.15, 0.2) is 5.82 Å². The standard InChI is InChI=1S/C17H19N7O6/c18-10-7-20-16(19)23-13(10)24-17(30)21-9-3-1-8(2-4-9)14(27)22-11(15(28)29)5-6-12(25)26/h1-4,7,11H,5-6,18H2,(H,22,27)(H,25,26)(H,28,29)(H4,19,20,21,23,24,30)/t11-/m0/s1. The van der Waals surface area contributed by atoms with Crippen molar-refractivity contribution in [2.24, 2.45) is 0 Å². The molecule has 0 saturated carbocycles. The van der Waals surface area contributed by atoms with E-state index in [1.54, 1.807) is 0 Å². The molecule has 0 spiro atoms. The van der Waals surface area contributed by atoms with E-state index in [1.165, 1.54) is 30.5 Å². The number of anilines is 4. The number of benzene rings is 1. The highest BCUT2D eigenvalue weighted by Crippen LogP contribution is 2.15. The molecule has 1 aromatic carbocycles. The van der Waals surface area contributed by atoms with Gasteiger partial charge in [-0.05, 0) is 30.7 Å². The minimum Gasteiger partial charge on any atom is -0.481 e. The summed E-state index contributed by atoms with van der Waals surface area (Å²) in [7, 11) is 0. The lowest BCUT2D eigenvalue weighted by molar-refractivity contribution is -0.140. The summed E-state index contributed by atoms with van der Waals surface area (Å²) in [6.45, 7) is 0. The van der Waals surface area contributed by atoms with Crippen LogP contribution in [0.2, 0.25) is 0 Å². The van der Waals surface area contributed by atoms with Crippen LogP contribution in [0.5, 0.6) is 0 Å². The Morgan fingerprint density at radius 3 is 2.30 bits per heavy atom. The Kier molecular flexibility index (Phi) is 7.06. The highest BCUT2D eigenvalue weighted by Gasteiger charge is 2.21. The molecule has 0 radical (unpaired) electrons. The number of nitrogen functional groups attached to an aromatic ring is 2. The molecule has 13 nitrogen and oxygen atoms in total. The van der Waals surface area contributed by atoms with Crippen molar-refractivity contribution in [3.63, 3.8) is 0 Å². The van der Waals surface area contributed by atoms with Crippen molar-refractivity contribution in [3.05, 3.63) is 36.0 Å². The Hall–Kier alpha value is -4.42. The Morgan fingerprint density at radius 1 is 1.03 bits per heavy atom. The molecule has 3 amide bonds. The predicted molar refractivity (Wildman–Crippen MR) is 106 cm³/mol. The van der Waals surface area contributed by atoms with E-state index in [-0.39, 0.29) is 29.4 Å². The fourth-order valence-electron chi connectivity index (χ4n) is 2.25. The highest BCUT2D eigenvalue weighted by molar-refractivity contribution is 6.01. The van der Waals surface area contributed by atoms with E-state index in [1.807, 2.05) is 0 Å². The van der Waals surface area contributed by atoms with Crippen molar-refractivity contribution in [1.29, 1.82) is 0 Å². The van der Waals surface area contributed by atoms with E-state index in [9.17, 15) is 19.2 Å². The lowest BCUT2D eigenvalue weighted by Gasteiger charge is -2.14. The third-order valence-electron chi connectivity index (χ3n) is 3.72. The second-order valence-corrected chi connectivity index (χ2v) is 5.99. The van der Waals surface area contributed by atoms with Gasteiger partial charge in [-0.1, -0.05) is 0 Å². The van der Waals surface area contributed by atoms with Crippen molar-refractivity contribution < 1.29 is 29.4 Å². The summed E-state index contributed by atoms with van der Waals surface area (Å²) in [5, 5.41) is 24.9. The molecule has 9 N–H and O–H groups in total. The summed E-state index contributed by atoms with van der Waals surface area (Å²) in [4.78, 5) is 53.4. The molecule has 0 aliphatic rings. The third-order valence-corrected chi connectivity index (χ3v) is 3.72. The first-order valence-corrected chi connectivity index (χ1v) is 8.47. The number of hydrogen-bond donors (Lipinski definition) is 7. The molecule has 13 heteroatoms. The number of carboxylic acid groups (broad SMARTS) is 2. The van der Waals surface area contributed by atoms with E-state index in [4.69, 9.17) is 21.7 Å². The average molecular weight is 417 g/mol. The molecule has 0 bridgehead atoms. The second-order valence-electron chi connectivity index (χ2n) is 5.99. The van der Waals surface area contributed by atoms with Gasteiger partial charge in [0.2, 0.25) is 5.95 Å². The van der Waals surface area contributed by atoms with Gasteiger partial charge in [-0.25, -0.2) is 14.6 Å². The number of hydrogen-bond acceptors (Lipinski definition) is 8. The maximum absolute atomic E-state index is 12.2. The fraction of sp³-hybridized carbons (Fsp3) is 0.176. The number of aliphatic carboxylic acids is 2. The van der Waals surface area contributed by atoms with Gasteiger partial charge in [-0.15, -0.1) is 0 Å². The van der Waals surface area contributed by atoms with E-state index in [2.05, 4.69) is 25.9 Å². The first-order valence-electron chi connectivity index (χ1n) is 8.47. The number of carboxylic acids is 2. The number of nitrogens with two attached hydrogens (primary N) is 2. The van der Waals surface area contributed by atoms with Crippen LogP contribution in [0, 0.1) is 0 Å². The summed E-state index contributed by atoms with van der Waals surface area (Å²) in [6, 6.07) is 3.54. The van der Waals surface area contributed by atoms with Crippen LogP contribution in [0.3, 0.4) is 0 Å². The van der Waals surface area contributed by atoms with Crippen molar-refractivity contribution >= 4 is 47.0 Å². The Morgan fingerprint density at radius 2 is 1.70 bits per heavy atom. The summed E-state index contributed by atoms with van der Waals surface area (Å²) >= 11 is 0. The van der Waals surface area contributed by atoms with Crippen molar-refractivity contribution in [2.45, 2.75) is 18.9 Å². The van der Waals surface area contributed by atoms with Crippen LogP contribution in [0.25, 0.3) is 0 Å². The van der Waals surface area contributed by atoms with Crippen LogP contribution in [-0.4, -0.2) is 50.1 Å². The molecule has 0 saturated heterocycles. The van der Waals surface area contributed by atoms with E-state index < -0.39 is 36.3 Å². The van der Waals surface area contributed by atoms with Crippen LogP contribution in [0.15, 0.2) is 30.5 Å². The molecular formula is C17H19N7O6. The number of nitrogens with zero attached hydrogens (tertiary/aromatic N) is 2. The number of amides is 3. The molecule has 0 aliphatic carbocycles. The summed E-state index contributed by atoms with van der Waals surface area (Å²) in [5.41, 5.74) is 11.6. The fourth-order valence-corrected chi connectivity index (χ4v) is 2.25. The molecule has 1 aromatic heterocycles. The van der Waals surface area contributed by atoms with Crippen molar-refractivity contribution in [3.8, 4) is 0 Å². The maximum Gasteiger partial charge on any atom is 0.326 e. The predicted octanol–water partition coefficient (Wildman–Crippen LogP) is 0.333. The molecule has 1 atom stereocenters. The smallest absolute Gasteiger partial charge is 0.326 e. The molecule has 158 valence electrons. The number of nitrogens with one attached hydrogen (secondary N) is 3. The topological polar surface area (TPSA) is 223 Å². The number of rotatable bonds is 8. The highest BCUT2D eigenvalue weighted by atomic mass is 16.4. The van der Waals surface area contributed by atoms with E-state index in [0.717, 1.165) is 0 Å². The summed E-state index contributed by atoms with van der Waals surface area (Å²) < 4.78 is 0. The molecule has 0 unspecified atom stereocenters. The van der Waals surface area contributed by atoms with Gasteiger partial charge in [0.1, 0.15) is 6.04 Å². The maximum atomic E-state index is 12.2. The second kappa shape index (κ2) is 9.68. The van der Waals surface area contributed by atoms with Crippen molar-refractivity contribution in [2.75, 3.05) is 22.1 Å². The number of aromatic nitrogens is 2. The Labute approximate surface area is 169 Å². The molecule has 0 aliphatic heterocycles. The summed E-state index contributed by atoms with van der Waals surface area (Å²) in [5.74, 6) is -3.26. The number of carbonyl (C=O) groups excluding carboxylic acids is 2. The average Bonchev–Trinajstić information content (AvgIpc) is 2.68. The number of urea groups is 1. The van der Waals surface area contributed by atoms with E-state index >= 15 is 0 Å². The zero-order valence-corrected chi connectivity index (χ0v) is 15.5. The van der Waals surface area contributed by atoms with Crippen LogP contribution < -0.4 is 27.4 Å². The van der Waals surface area contributed by atoms with Gasteiger partial charge in [-0.2, -0.15) is 4.98 Å². The third kappa shape index (κ3) is 6.33. The molecule has 30 heavy (non-hydrogen) atoms. The van der Waals surface area contributed by atoms with Crippen LogP contribution in [0.1, 0.15) is 23.2 Å². The molecular weight excluding hydrogens is 398 g/mol. The largest absolute Gasteiger partial charge is 0.481 e. The Balaban J connectivity index is 1.97. The SMILES string of the molecule is Nc1ncc(N)c(NC(=O)Nc2ccc(C(=O)N[C@@H](CCC(=O)O)C(=O)O)cc2)n1. The summed E-state index contributed by atoms with van der Waals surface area (Å²) in [6.07, 6.45) is 0.580. The monoisotopic (exact) mass is 417 g/mol. The first kappa shape index (κ1) is 21.9. The van der Waals surface area contributed by atoms with Crippen LogP contribution in [-0.2, 0) is 9.59 Å². The molecule has 0 fully saturated rings. The van der Waals surface area contributed by atoms with Crippen LogP contribution >= 0.6 is 0 Å². The lowest BCUT2D eigenvalue weighted by atomic mass is 10.1. The molecule has 1 heterocycles. The normalized spacial score (nSPS) is 11.2. The molecule has 2 rings (SSSR count). The first-order chi connectivity index (χ1) is 14.2. The number of carbonyl (C=O) groups is 4. The minimum atomic E-state index is -1.34. The minimum absolute atomic E-state index is 0.0251. The van der Waals surface area contributed by atoms with Gasteiger partial charge in [0.05, 0.1) is 11.9 Å². The van der Waals surface area contributed by atoms with Gasteiger partial charge in [0, 0.05) is 17.7 Å². The quantitative estimate of drug-likeness (QED) is 0.311. The lowest BCUT2D eigenvalue weighted by Crippen LogP contribution is -2.41. The van der Waals surface area contributed by atoms with E-state index in [0.29, 0.717) is 5.69 Å². The van der Waals surface area contributed by atoms with Gasteiger partial charge < -0.3 is 32.3 Å². The molecule has 2 aromatic rings. The zero-order chi connectivity index (χ0) is 22.3. The Bertz CT molecular complexity index is 964. The van der Waals surface area contributed by atoms with Gasteiger partial charge in [-0.3, -0.25) is 14.9 Å². The zero-order valence-electron chi connectivity index (χ0n) is 15.5. The van der Waals surface area contributed by atoms with Crippen LogP contribution in [0.4, 0.5) is 27.9 Å². The van der Waals surface area contributed by atoms with Gasteiger partial charge >= 0.3 is 18.0 Å². The van der Waals surface area contributed by atoms with Gasteiger partial charge in [0.25, 0.3) is 5.91 Å². The van der Waals surface area contributed by atoms with Crippen molar-refractivity contribution in [1.82, 2.24) is 15.3 Å².